The maximum Gasteiger partial charge on any atom is 0.339 e. The van der Waals surface area contributed by atoms with Crippen LogP contribution >= 0.6 is 0 Å². The molecule has 2 aliphatic carbocycles. The number of ketones is 1. The number of carbonyl (C=O) groups is 3. The molecule has 3 aliphatic rings. The molecule has 4 atom stereocenters. The molecule has 274 valence electrons. The van der Waals surface area contributed by atoms with E-state index in [0.717, 1.165) is 29.0 Å². The van der Waals surface area contributed by atoms with Gasteiger partial charge < -0.3 is 20.0 Å². The van der Waals surface area contributed by atoms with E-state index in [4.69, 9.17) is 4.42 Å². The van der Waals surface area contributed by atoms with Crippen molar-refractivity contribution in [2.45, 2.75) is 111 Å². The first kappa shape index (κ1) is 38.4. The number of benzene rings is 1. The van der Waals surface area contributed by atoms with Gasteiger partial charge in [0.25, 0.3) is 11.8 Å². The Morgan fingerprint density at radius 1 is 1.08 bits per heavy atom. The van der Waals surface area contributed by atoms with E-state index < -0.39 is 60.7 Å². The van der Waals surface area contributed by atoms with E-state index in [-0.39, 0.29) is 20.1 Å². The van der Waals surface area contributed by atoms with Crippen molar-refractivity contribution in [3.8, 4) is 0 Å². The van der Waals surface area contributed by atoms with Crippen molar-refractivity contribution in [1.82, 2.24) is 15.2 Å². The van der Waals surface area contributed by atoms with Crippen LogP contribution < -0.4 is 16.3 Å². The molecule has 0 saturated carbocycles. The molecular formula is C39H54F2N4O5. The van der Waals surface area contributed by atoms with E-state index in [2.05, 4.69) is 34.7 Å². The normalized spacial score (nSPS) is 22.0. The monoisotopic (exact) mass is 696 g/mol. The predicted octanol–water partition coefficient (Wildman–Crippen LogP) is 7.89. The van der Waals surface area contributed by atoms with Gasteiger partial charge >= 0.3 is 5.63 Å². The quantitative estimate of drug-likeness (QED) is 0.182. The molecule has 1 aromatic carbocycles. The Kier molecular flexibility index (Phi) is 12.0. The molecule has 0 spiro atoms. The summed E-state index contributed by atoms with van der Waals surface area (Å²) in [5.74, 6) is -4.99. The Bertz CT molecular complexity index is 1830. The maximum absolute atomic E-state index is 14.6. The van der Waals surface area contributed by atoms with Gasteiger partial charge in [-0.3, -0.25) is 19.4 Å². The highest BCUT2D eigenvalue weighted by atomic mass is 19.3. The SMILES string of the molecule is CC.CC.CC(C)c1cc2ccc(N[C@@H](C)C(=O)C3CC(F)(F)CN3C(=O)CNC(=O)c3ccnc4c3C[C@]3(C)CC=CC4C3)cc2oc1=O.[HH].[HH]. The molecule has 1 aliphatic heterocycles. The second-order valence-corrected chi connectivity index (χ2v) is 13.6. The van der Waals surface area contributed by atoms with Crippen molar-refractivity contribution in [1.29, 1.82) is 0 Å². The number of aromatic nitrogens is 1. The zero-order chi connectivity index (χ0) is 37.0. The van der Waals surface area contributed by atoms with Crippen LogP contribution in [0.4, 0.5) is 14.5 Å². The number of likely N-dealkylation sites (tertiary alicyclic amines) is 1. The standard InChI is InChI=1S/C35H38F2N4O5.2C2H6.2H2/c1-19(2)25-12-21-7-8-23(13-28(21)46-33(25)45)40-20(3)31(43)27-16-35(36,37)18-41(27)29(42)17-39-32(44)24-9-11-38-30-22-6-5-10-34(4,14-22)15-26(24)30;2*1-2;;/h5-9,11-13,19-20,22,27,40H,10,14-18H2,1-4H3,(H,39,44);2*1-2H3;2*1H/t20-,22?,27?,34+;;;;/m0..../s1. The molecule has 3 aromatic rings. The number of amides is 2. The van der Waals surface area contributed by atoms with E-state index in [0.29, 0.717) is 34.2 Å². The van der Waals surface area contributed by atoms with Crippen LogP contribution in [0.15, 0.2) is 57.9 Å². The molecule has 50 heavy (non-hydrogen) atoms. The average molecular weight is 697 g/mol. The summed E-state index contributed by atoms with van der Waals surface area (Å²) in [5.41, 5.74) is 3.02. The lowest BCUT2D eigenvalue weighted by molar-refractivity contribution is -0.137. The number of anilines is 1. The Hall–Kier alpha value is -4.41. The molecule has 1 fully saturated rings. The van der Waals surface area contributed by atoms with Crippen LogP contribution in [0.25, 0.3) is 11.0 Å². The van der Waals surface area contributed by atoms with Crippen molar-refractivity contribution in [3.05, 3.63) is 81.5 Å². The fourth-order valence-electron chi connectivity index (χ4n) is 7.10. The van der Waals surface area contributed by atoms with Crippen molar-refractivity contribution >= 4 is 34.3 Å². The van der Waals surface area contributed by atoms with Crippen LogP contribution in [0.5, 0.6) is 0 Å². The minimum absolute atomic E-state index is 0. The molecule has 0 radical (unpaired) electrons. The minimum atomic E-state index is -3.26. The summed E-state index contributed by atoms with van der Waals surface area (Å²) in [6.45, 7) is 14.1. The average Bonchev–Trinajstić information content (AvgIpc) is 3.42. The molecule has 9 nitrogen and oxygen atoms in total. The smallest absolute Gasteiger partial charge is 0.339 e. The molecule has 2 amide bonds. The number of Topliss-reactive ketones (excluding diaryl/α,β-unsaturated/α-hetero) is 1. The summed E-state index contributed by atoms with van der Waals surface area (Å²) in [5, 5.41) is 6.32. The fourth-order valence-corrected chi connectivity index (χ4v) is 7.10. The number of pyridine rings is 1. The highest BCUT2D eigenvalue weighted by Gasteiger charge is 2.50. The van der Waals surface area contributed by atoms with Gasteiger partial charge in [0.05, 0.1) is 30.9 Å². The highest BCUT2D eigenvalue weighted by molar-refractivity contribution is 5.99. The number of nitrogens with one attached hydrogen (secondary N) is 2. The molecule has 6 rings (SSSR count). The lowest BCUT2D eigenvalue weighted by atomic mass is 9.64. The van der Waals surface area contributed by atoms with Gasteiger partial charge in [-0.2, -0.15) is 0 Å². The van der Waals surface area contributed by atoms with Gasteiger partial charge in [0.2, 0.25) is 5.91 Å². The fraction of sp³-hybridized carbons (Fsp3) is 0.513. The molecule has 1 saturated heterocycles. The van der Waals surface area contributed by atoms with Crippen LogP contribution in [-0.4, -0.2) is 58.6 Å². The van der Waals surface area contributed by atoms with Gasteiger partial charge in [-0.25, -0.2) is 13.6 Å². The summed E-state index contributed by atoms with van der Waals surface area (Å²) < 4.78 is 34.8. The summed E-state index contributed by atoms with van der Waals surface area (Å²) in [6, 6.07) is 6.09. The van der Waals surface area contributed by atoms with E-state index >= 15 is 0 Å². The third-order valence-electron chi connectivity index (χ3n) is 9.49. The first-order valence-electron chi connectivity index (χ1n) is 17.7. The van der Waals surface area contributed by atoms with Crippen LogP contribution in [-0.2, 0) is 16.0 Å². The number of hydrogen-bond donors (Lipinski definition) is 2. The summed E-state index contributed by atoms with van der Waals surface area (Å²) in [7, 11) is 0. The van der Waals surface area contributed by atoms with E-state index in [1.807, 2.05) is 41.5 Å². The summed E-state index contributed by atoms with van der Waals surface area (Å²) >= 11 is 0. The first-order chi connectivity index (χ1) is 23.7. The lowest BCUT2D eigenvalue weighted by Gasteiger charge is -2.41. The van der Waals surface area contributed by atoms with Crippen LogP contribution in [0.1, 0.15) is 117 Å². The largest absolute Gasteiger partial charge is 0.422 e. The zero-order valence-electron chi connectivity index (χ0n) is 30.4. The van der Waals surface area contributed by atoms with E-state index in [1.165, 1.54) is 6.92 Å². The second kappa shape index (κ2) is 15.6. The summed E-state index contributed by atoms with van der Waals surface area (Å²) in [4.78, 5) is 57.8. The highest BCUT2D eigenvalue weighted by Crippen LogP contribution is 2.48. The number of rotatable bonds is 8. The lowest BCUT2D eigenvalue weighted by Crippen LogP contribution is -2.49. The number of carbonyl (C=O) groups excluding carboxylic acids is 3. The first-order valence-corrected chi connectivity index (χ1v) is 17.7. The third kappa shape index (κ3) is 8.13. The molecular weight excluding hydrogens is 642 g/mol. The molecule has 2 unspecified atom stereocenters. The van der Waals surface area contributed by atoms with Gasteiger partial charge in [0.1, 0.15) is 5.58 Å². The van der Waals surface area contributed by atoms with Crippen molar-refractivity contribution in [2.75, 3.05) is 18.4 Å². The molecule has 2 N–H and O–H groups in total. The van der Waals surface area contributed by atoms with Gasteiger partial charge in [0, 0.05) is 49.7 Å². The molecule has 2 aromatic heterocycles. The van der Waals surface area contributed by atoms with Crippen LogP contribution in [0.2, 0.25) is 0 Å². The van der Waals surface area contributed by atoms with E-state index in [1.54, 1.807) is 36.5 Å². The Balaban J connectivity index is 0.00000151. The number of alkyl halides is 2. The minimum Gasteiger partial charge on any atom is -0.422 e. The topological polar surface area (TPSA) is 122 Å². The molecule has 11 heteroatoms. The number of nitrogens with zero attached hydrogens (tertiary/aromatic N) is 2. The number of fused-ring (bicyclic) bond motifs is 5. The number of hydrogen-bond acceptors (Lipinski definition) is 7. The molecule has 2 bridgehead atoms. The second-order valence-electron chi connectivity index (χ2n) is 13.6. The van der Waals surface area contributed by atoms with Crippen molar-refractivity contribution in [2.24, 2.45) is 5.41 Å². The maximum atomic E-state index is 14.6. The zero-order valence-corrected chi connectivity index (χ0v) is 30.4. The Morgan fingerprint density at radius 2 is 1.80 bits per heavy atom. The van der Waals surface area contributed by atoms with Crippen molar-refractivity contribution < 1.29 is 30.4 Å². The van der Waals surface area contributed by atoms with Crippen LogP contribution in [0, 0.1) is 5.41 Å². The van der Waals surface area contributed by atoms with Crippen molar-refractivity contribution in [3.63, 3.8) is 0 Å². The van der Waals surface area contributed by atoms with E-state index in [9.17, 15) is 28.0 Å². The number of allylic oxidation sites excluding steroid dienone is 2. The van der Waals surface area contributed by atoms with Gasteiger partial charge in [-0.05, 0) is 67.3 Å². The number of halogens is 2. The van der Waals surface area contributed by atoms with Crippen LogP contribution in [0.3, 0.4) is 0 Å². The summed E-state index contributed by atoms with van der Waals surface area (Å²) in [6.07, 6.45) is 7.58. The Morgan fingerprint density at radius 3 is 2.50 bits per heavy atom. The predicted molar refractivity (Wildman–Crippen MR) is 196 cm³/mol. The molecule has 3 heterocycles. The third-order valence-corrected chi connectivity index (χ3v) is 9.49. The van der Waals surface area contributed by atoms with Gasteiger partial charge in [-0.1, -0.05) is 60.6 Å². The Labute approximate surface area is 295 Å². The van der Waals surface area contributed by atoms with Gasteiger partial charge in [0.15, 0.2) is 5.78 Å². The van der Waals surface area contributed by atoms with Gasteiger partial charge in [-0.15, -0.1) is 0 Å².